The Morgan fingerprint density at radius 3 is 2.75 bits per heavy atom. The number of nitrogens with zero attached hydrogens (tertiary/aromatic N) is 1. The van der Waals surface area contributed by atoms with Gasteiger partial charge in [-0.15, -0.1) is 0 Å². The van der Waals surface area contributed by atoms with E-state index in [1.165, 1.54) is 4.90 Å². The van der Waals surface area contributed by atoms with Crippen LogP contribution in [0, 0.1) is 0 Å². The van der Waals surface area contributed by atoms with Crippen molar-refractivity contribution in [1.29, 1.82) is 0 Å². The predicted octanol–water partition coefficient (Wildman–Crippen LogP) is -0.946. The third-order valence-electron chi connectivity index (χ3n) is 1.85. The van der Waals surface area contributed by atoms with E-state index < -0.39 is 12.1 Å². The molecule has 1 fully saturated rings. The molecule has 0 aromatic heterocycles. The van der Waals surface area contributed by atoms with Gasteiger partial charge in [0.15, 0.2) is 6.10 Å². The number of hydrogen-bond acceptors (Lipinski definition) is 3. The van der Waals surface area contributed by atoms with Crippen molar-refractivity contribution in [3.8, 4) is 0 Å². The van der Waals surface area contributed by atoms with Crippen molar-refractivity contribution in [2.75, 3.05) is 13.1 Å². The minimum Gasteiger partial charge on any atom is -0.479 e. The highest BCUT2D eigenvalue weighted by Gasteiger charge is 2.25. The lowest BCUT2D eigenvalue weighted by Crippen LogP contribution is -2.37. The highest BCUT2D eigenvalue weighted by atomic mass is 16.4. The SMILES string of the molecule is O=C(O)C(O)CN1CCCC1=O. The lowest BCUT2D eigenvalue weighted by atomic mass is 10.3. The number of carboxylic acid groups (broad SMARTS) is 1. The average Bonchev–Trinajstić information content (AvgIpc) is 2.36. The summed E-state index contributed by atoms with van der Waals surface area (Å²) in [6, 6.07) is 0. The van der Waals surface area contributed by atoms with E-state index >= 15 is 0 Å². The molecule has 0 aromatic carbocycles. The number of aliphatic hydroxyl groups excluding tert-OH is 1. The lowest BCUT2D eigenvalue weighted by Gasteiger charge is -2.16. The maximum Gasteiger partial charge on any atom is 0.334 e. The van der Waals surface area contributed by atoms with Crippen LogP contribution in [0.1, 0.15) is 12.8 Å². The third kappa shape index (κ3) is 1.94. The first-order chi connectivity index (χ1) is 5.61. The minimum atomic E-state index is -1.45. The number of β-amino-alcohol motifs (C(OH)–C–C–N with tert-alkyl or cyclic N) is 1. The molecule has 5 heteroatoms. The van der Waals surface area contributed by atoms with Gasteiger partial charge in [-0.1, -0.05) is 0 Å². The van der Waals surface area contributed by atoms with Crippen LogP contribution in [0.15, 0.2) is 0 Å². The molecule has 1 saturated heterocycles. The molecular formula is C7H11NO4. The molecule has 1 unspecified atom stereocenters. The summed E-state index contributed by atoms with van der Waals surface area (Å²) in [5.41, 5.74) is 0. The highest BCUT2D eigenvalue weighted by Crippen LogP contribution is 2.09. The number of carboxylic acids is 1. The molecule has 5 nitrogen and oxygen atoms in total. The van der Waals surface area contributed by atoms with Crippen LogP contribution in [0.25, 0.3) is 0 Å². The summed E-state index contributed by atoms with van der Waals surface area (Å²) in [6.45, 7) is 0.470. The second-order valence-electron chi connectivity index (χ2n) is 2.80. The van der Waals surface area contributed by atoms with Gasteiger partial charge in [-0.2, -0.15) is 0 Å². The van der Waals surface area contributed by atoms with E-state index in [1.54, 1.807) is 0 Å². The zero-order valence-electron chi connectivity index (χ0n) is 6.56. The van der Waals surface area contributed by atoms with Crippen molar-refractivity contribution < 1.29 is 19.8 Å². The molecular weight excluding hydrogens is 162 g/mol. The summed E-state index contributed by atoms with van der Waals surface area (Å²) >= 11 is 0. The van der Waals surface area contributed by atoms with Gasteiger partial charge in [-0.25, -0.2) is 4.79 Å². The summed E-state index contributed by atoms with van der Waals surface area (Å²) in [7, 11) is 0. The van der Waals surface area contributed by atoms with Gasteiger partial charge in [0, 0.05) is 13.0 Å². The predicted molar refractivity (Wildman–Crippen MR) is 39.5 cm³/mol. The molecule has 1 aliphatic heterocycles. The van der Waals surface area contributed by atoms with Crippen LogP contribution in [-0.4, -0.2) is 46.2 Å². The Morgan fingerprint density at radius 1 is 1.67 bits per heavy atom. The summed E-state index contributed by atoms with van der Waals surface area (Å²) in [5, 5.41) is 17.3. The van der Waals surface area contributed by atoms with Crippen molar-refractivity contribution in [2.45, 2.75) is 18.9 Å². The molecule has 1 rings (SSSR count). The molecule has 1 atom stereocenters. The summed E-state index contributed by atoms with van der Waals surface area (Å²) < 4.78 is 0. The topological polar surface area (TPSA) is 77.8 Å². The molecule has 0 radical (unpaired) electrons. The highest BCUT2D eigenvalue weighted by molar-refractivity contribution is 5.79. The van der Waals surface area contributed by atoms with Crippen LogP contribution in [0.2, 0.25) is 0 Å². The van der Waals surface area contributed by atoms with Crippen molar-refractivity contribution in [3.05, 3.63) is 0 Å². The minimum absolute atomic E-state index is 0.0738. The number of aliphatic hydroxyl groups is 1. The maximum atomic E-state index is 11.0. The van der Waals surface area contributed by atoms with Gasteiger partial charge in [0.1, 0.15) is 0 Å². The van der Waals surface area contributed by atoms with Crippen LogP contribution in [0.5, 0.6) is 0 Å². The van der Waals surface area contributed by atoms with Crippen LogP contribution in [0.3, 0.4) is 0 Å². The fraction of sp³-hybridized carbons (Fsp3) is 0.714. The zero-order chi connectivity index (χ0) is 9.14. The van der Waals surface area contributed by atoms with Crippen LogP contribution in [-0.2, 0) is 9.59 Å². The molecule has 1 heterocycles. The molecule has 0 bridgehead atoms. The largest absolute Gasteiger partial charge is 0.479 e. The third-order valence-corrected chi connectivity index (χ3v) is 1.85. The lowest BCUT2D eigenvalue weighted by molar-refractivity contribution is -0.148. The molecule has 1 aliphatic rings. The monoisotopic (exact) mass is 173 g/mol. The Bertz CT molecular complexity index is 204. The quantitative estimate of drug-likeness (QED) is 0.577. The number of amides is 1. The first kappa shape index (κ1) is 8.99. The first-order valence-electron chi connectivity index (χ1n) is 3.80. The van der Waals surface area contributed by atoms with Gasteiger partial charge in [0.05, 0.1) is 6.54 Å². The zero-order valence-corrected chi connectivity index (χ0v) is 6.56. The van der Waals surface area contributed by atoms with Crippen molar-refractivity contribution in [1.82, 2.24) is 4.90 Å². The molecule has 0 aliphatic carbocycles. The normalized spacial score (nSPS) is 19.8. The smallest absolute Gasteiger partial charge is 0.334 e. The molecule has 2 N–H and O–H groups in total. The van der Waals surface area contributed by atoms with Crippen LogP contribution >= 0.6 is 0 Å². The van der Waals surface area contributed by atoms with Gasteiger partial charge >= 0.3 is 5.97 Å². The van der Waals surface area contributed by atoms with E-state index in [0.717, 1.165) is 6.42 Å². The molecule has 12 heavy (non-hydrogen) atoms. The van der Waals surface area contributed by atoms with Gasteiger partial charge in [-0.05, 0) is 6.42 Å². The first-order valence-corrected chi connectivity index (χ1v) is 3.80. The van der Waals surface area contributed by atoms with Gasteiger partial charge in [0.2, 0.25) is 5.91 Å². The standard InChI is InChI=1S/C7H11NO4/c9-5(7(11)12)4-8-3-1-2-6(8)10/h5,9H,1-4H2,(H,11,12). The van der Waals surface area contributed by atoms with Crippen LogP contribution in [0.4, 0.5) is 0 Å². The molecule has 1 amide bonds. The summed E-state index contributed by atoms with van der Waals surface area (Å²) in [5.74, 6) is -1.36. The molecule has 0 spiro atoms. The summed E-state index contributed by atoms with van der Waals surface area (Å²) in [4.78, 5) is 22.5. The Hall–Kier alpha value is -1.10. The average molecular weight is 173 g/mol. The fourth-order valence-corrected chi connectivity index (χ4v) is 1.18. The maximum absolute atomic E-state index is 11.0. The Labute approximate surface area is 69.6 Å². The number of carbonyl (C=O) groups is 2. The number of rotatable bonds is 3. The molecule has 0 aromatic rings. The van der Waals surface area contributed by atoms with E-state index in [4.69, 9.17) is 10.2 Å². The number of hydrogen-bond donors (Lipinski definition) is 2. The number of aliphatic carboxylic acids is 1. The molecule has 0 saturated carbocycles. The number of carbonyl (C=O) groups excluding carboxylic acids is 1. The van der Waals surface area contributed by atoms with Gasteiger partial charge in [0.25, 0.3) is 0 Å². The van der Waals surface area contributed by atoms with Crippen molar-refractivity contribution >= 4 is 11.9 Å². The van der Waals surface area contributed by atoms with E-state index in [1.807, 2.05) is 0 Å². The van der Waals surface area contributed by atoms with Crippen molar-refractivity contribution in [3.63, 3.8) is 0 Å². The van der Waals surface area contributed by atoms with Crippen molar-refractivity contribution in [2.24, 2.45) is 0 Å². The Morgan fingerprint density at radius 2 is 2.33 bits per heavy atom. The second kappa shape index (κ2) is 3.53. The number of likely N-dealkylation sites (tertiary alicyclic amines) is 1. The van der Waals surface area contributed by atoms with E-state index in [-0.39, 0.29) is 12.5 Å². The Kier molecular flexibility index (Phi) is 2.65. The fourth-order valence-electron chi connectivity index (χ4n) is 1.18. The van der Waals surface area contributed by atoms with Gasteiger partial charge < -0.3 is 15.1 Å². The van der Waals surface area contributed by atoms with E-state index in [0.29, 0.717) is 13.0 Å². The van der Waals surface area contributed by atoms with Crippen LogP contribution < -0.4 is 0 Å². The van der Waals surface area contributed by atoms with E-state index in [9.17, 15) is 9.59 Å². The van der Waals surface area contributed by atoms with E-state index in [2.05, 4.69) is 0 Å². The summed E-state index contributed by atoms with van der Waals surface area (Å²) in [6.07, 6.45) is -0.232. The Balaban J connectivity index is 2.40. The molecule has 68 valence electrons. The van der Waals surface area contributed by atoms with Gasteiger partial charge in [-0.3, -0.25) is 4.79 Å². The second-order valence-corrected chi connectivity index (χ2v) is 2.80.